The van der Waals surface area contributed by atoms with E-state index in [0.29, 0.717) is 6.04 Å². The first-order chi connectivity index (χ1) is 9.65. The smallest absolute Gasteiger partial charge is 0.104 e. The Hall–Kier alpha value is -0.590. The van der Waals surface area contributed by atoms with Crippen LogP contribution in [0.1, 0.15) is 65.2 Å². The molecule has 3 nitrogen and oxygen atoms in total. The van der Waals surface area contributed by atoms with Crippen LogP contribution >= 0.6 is 0 Å². The number of nitrogens with zero attached hydrogens (tertiary/aromatic N) is 2. The fourth-order valence-corrected chi connectivity index (χ4v) is 3.35. The summed E-state index contributed by atoms with van der Waals surface area (Å²) in [5, 5.41) is 12.9. The van der Waals surface area contributed by atoms with Gasteiger partial charge in [0.2, 0.25) is 0 Å². The average molecular weight is 277 g/mol. The molecular weight excluding hydrogens is 246 g/mol. The molecule has 1 heterocycles. The highest BCUT2D eigenvalue weighted by molar-refractivity contribution is 5.07. The molecule has 2 aliphatic rings. The topological polar surface area (TPSA) is 39.1 Å². The molecule has 114 valence electrons. The molecule has 3 heteroatoms. The summed E-state index contributed by atoms with van der Waals surface area (Å²) in [6.07, 6.45) is 10.1. The molecule has 0 aromatic rings. The van der Waals surface area contributed by atoms with Gasteiger partial charge in [0.25, 0.3) is 0 Å². The van der Waals surface area contributed by atoms with Crippen molar-refractivity contribution in [1.82, 2.24) is 10.2 Å². The molecule has 0 radical (unpaired) electrons. The maximum atomic E-state index is 9.38. The van der Waals surface area contributed by atoms with Crippen LogP contribution in [0.4, 0.5) is 0 Å². The third kappa shape index (κ3) is 5.07. The lowest BCUT2D eigenvalue weighted by Gasteiger charge is -2.26. The Kier molecular flexibility index (Phi) is 5.86. The van der Waals surface area contributed by atoms with E-state index in [1.54, 1.807) is 0 Å². The minimum atomic E-state index is -0.307. The lowest BCUT2D eigenvalue weighted by Crippen LogP contribution is -2.43. The minimum Gasteiger partial charge on any atom is -0.303 e. The van der Waals surface area contributed by atoms with E-state index in [1.165, 1.54) is 58.2 Å². The van der Waals surface area contributed by atoms with Crippen molar-refractivity contribution >= 4 is 0 Å². The van der Waals surface area contributed by atoms with Crippen molar-refractivity contribution in [3.63, 3.8) is 0 Å². The van der Waals surface area contributed by atoms with Crippen molar-refractivity contribution in [2.45, 2.75) is 76.8 Å². The van der Waals surface area contributed by atoms with E-state index >= 15 is 0 Å². The fourth-order valence-electron chi connectivity index (χ4n) is 3.35. The monoisotopic (exact) mass is 277 g/mol. The number of hydrogen-bond acceptors (Lipinski definition) is 3. The normalized spacial score (nSPS) is 27.6. The zero-order chi connectivity index (χ0) is 14.4. The van der Waals surface area contributed by atoms with Crippen LogP contribution in [0.15, 0.2) is 0 Å². The second-order valence-corrected chi connectivity index (χ2v) is 7.01. The van der Waals surface area contributed by atoms with E-state index in [1.807, 2.05) is 0 Å². The molecule has 0 bridgehead atoms. The lowest BCUT2D eigenvalue weighted by atomic mass is 9.97. The van der Waals surface area contributed by atoms with E-state index in [4.69, 9.17) is 0 Å². The SMILES string of the molecule is CCC1CCCN(CCCC(C)(C#N)NC2CC2)CC1. The van der Waals surface area contributed by atoms with E-state index in [2.05, 4.69) is 30.1 Å². The number of nitriles is 1. The van der Waals surface area contributed by atoms with E-state index < -0.39 is 0 Å². The van der Waals surface area contributed by atoms with Crippen molar-refractivity contribution in [2.24, 2.45) is 5.92 Å². The van der Waals surface area contributed by atoms with Gasteiger partial charge < -0.3 is 4.90 Å². The van der Waals surface area contributed by atoms with Crippen LogP contribution in [-0.4, -0.2) is 36.1 Å². The average Bonchev–Trinajstić information content (AvgIpc) is 3.26. The Labute approximate surface area is 124 Å². The Morgan fingerprint density at radius 3 is 2.70 bits per heavy atom. The van der Waals surface area contributed by atoms with Crippen molar-refractivity contribution in [3.8, 4) is 6.07 Å². The standard InChI is InChI=1S/C17H31N3/c1-3-15-6-4-11-20(13-9-15)12-5-10-17(2,14-18)19-16-7-8-16/h15-16,19H,3-13H2,1-2H3. The molecule has 0 aromatic heterocycles. The zero-order valence-corrected chi connectivity index (χ0v) is 13.3. The third-order valence-electron chi connectivity index (χ3n) is 5.02. The third-order valence-corrected chi connectivity index (χ3v) is 5.02. The summed E-state index contributed by atoms with van der Waals surface area (Å²) in [7, 11) is 0. The van der Waals surface area contributed by atoms with E-state index in [0.717, 1.165) is 18.8 Å². The van der Waals surface area contributed by atoms with Crippen LogP contribution < -0.4 is 5.32 Å². The Balaban J connectivity index is 1.67. The number of hydrogen-bond donors (Lipinski definition) is 1. The molecule has 0 aromatic carbocycles. The van der Waals surface area contributed by atoms with Crippen LogP contribution in [0, 0.1) is 17.2 Å². The first-order valence-electron chi connectivity index (χ1n) is 8.56. The minimum absolute atomic E-state index is 0.307. The molecule has 20 heavy (non-hydrogen) atoms. The molecule has 1 saturated carbocycles. The molecule has 1 N–H and O–H groups in total. The lowest BCUT2D eigenvalue weighted by molar-refractivity contribution is 0.262. The van der Waals surface area contributed by atoms with Crippen molar-refractivity contribution in [2.75, 3.05) is 19.6 Å². The molecular formula is C17H31N3. The number of rotatable bonds is 7. The molecule has 0 amide bonds. The second-order valence-electron chi connectivity index (χ2n) is 7.01. The fraction of sp³-hybridized carbons (Fsp3) is 0.941. The predicted octanol–water partition coefficient (Wildman–Crippen LogP) is 3.31. The molecule has 1 aliphatic heterocycles. The molecule has 2 fully saturated rings. The van der Waals surface area contributed by atoms with E-state index in [-0.39, 0.29) is 5.54 Å². The van der Waals surface area contributed by atoms with Crippen LogP contribution in [0.3, 0.4) is 0 Å². The van der Waals surface area contributed by atoms with Crippen LogP contribution in [0.5, 0.6) is 0 Å². The summed E-state index contributed by atoms with van der Waals surface area (Å²) in [4.78, 5) is 2.62. The van der Waals surface area contributed by atoms with Gasteiger partial charge in [-0.15, -0.1) is 0 Å². The maximum absolute atomic E-state index is 9.38. The summed E-state index contributed by atoms with van der Waals surface area (Å²) in [6.45, 7) is 8.08. The van der Waals surface area contributed by atoms with E-state index in [9.17, 15) is 5.26 Å². The molecule has 1 saturated heterocycles. The van der Waals surface area contributed by atoms with Crippen molar-refractivity contribution in [1.29, 1.82) is 5.26 Å². The highest BCUT2D eigenvalue weighted by Gasteiger charge is 2.32. The first kappa shape index (κ1) is 15.8. The van der Waals surface area contributed by atoms with Gasteiger partial charge in [-0.25, -0.2) is 0 Å². The van der Waals surface area contributed by atoms with Crippen LogP contribution in [0.2, 0.25) is 0 Å². The van der Waals surface area contributed by atoms with Crippen molar-refractivity contribution < 1.29 is 0 Å². The highest BCUT2D eigenvalue weighted by atomic mass is 15.1. The summed E-state index contributed by atoms with van der Waals surface area (Å²) in [5.41, 5.74) is -0.307. The van der Waals surface area contributed by atoms with Gasteiger partial charge in [-0.3, -0.25) is 5.32 Å². The van der Waals surface area contributed by atoms with Gasteiger partial charge in [0, 0.05) is 6.04 Å². The zero-order valence-electron chi connectivity index (χ0n) is 13.3. The van der Waals surface area contributed by atoms with Gasteiger partial charge in [0.1, 0.15) is 5.54 Å². The molecule has 0 spiro atoms. The predicted molar refractivity (Wildman–Crippen MR) is 83.5 cm³/mol. The first-order valence-corrected chi connectivity index (χ1v) is 8.56. The summed E-state index contributed by atoms with van der Waals surface area (Å²) >= 11 is 0. The van der Waals surface area contributed by atoms with Gasteiger partial charge in [0.05, 0.1) is 6.07 Å². The Morgan fingerprint density at radius 2 is 2.05 bits per heavy atom. The highest BCUT2D eigenvalue weighted by Crippen LogP contribution is 2.25. The van der Waals surface area contributed by atoms with Crippen LogP contribution in [-0.2, 0) is 0 Å². The van der Waals surface area contributed by atoms with Gasteiger partial charge in [-0.05, 0) is 77.4 Å². The van der Waals surface area contributed by atoms with Gasteiger partial charge >= 0.3 is 0 Å². The Morgan fingerprint density at radius 1 is 1.25 bits per heavy atom. The van der Waals surface area contributed by atoms with Gasteiger partial charge in [-0.1, -0.05) is 13.3 Å². The van der Waals surface area contributed by atoms with Gasteiger partial charge in [-0.2, -0.15) is 5.26 Å². The van der Waals surface area contributed by atoms with Gasteiger partial charge in [0.15, 0.2) is 0 Å². The molecule has 2 atom stereocenters. The molecule has 2 unspecified atom stereocenters. The number of likely N-dealkylation sites (tertiary alicyclic amines) is 1. The Bertz CT molecular complexity index is 332. The number of nitrogens with one attached hydrogen (secondary N) is 1. The molecule has 2 rings (SSSR count). The maximum Gasteiger partial charge on any atom is 0.104 e. The summed E-state index contributed by atoms with van der Waals surface area (Å²) in [6, 6.07) is 3.10. The summed E-state index contributed by atoms with van der Waals surface area (Å²) < 4.78 is 0. The quantitative estimate of drug-likeness (QED) is 0.776. The largest absolute Gasteiger partial charge is 0.303 e. The second kappa shape index (κ2) is 7.43. The summed E-state index contributed by atoms with van der Waals surface area (Å²) in [5.74, 6) is 0.945. The molecule has 1 aliphatic carbocycles. The van der Waals surface area contributed by atoms with Crippen molar-refractivity contribution in [3.05, 3.63) is 0 Å². The van der Waals surface area contributed by atoms with Crippen LogP contribution in [0.25, 0.3) is 0 Å².